The van der Waals surface area contributed by atoms with Crippen LogP contribution in [0.2, 0.25) is 0 Å². The number of carbonyl (C=O) groups excluding carboxylic acids is 2. The van der Waals surface area contributed by atoms with Crippen LogP contribution in [0.4, 0.5) is 5.69 Å². The van der Waals surface area contributed by atoms with Crippen molar-refractivity contribution in [2.24, 2.45) is 0 Å². The van der Waals surface area contributed by atoms with Gasteiger partial charge in [-0.05, 0) is 31.0 Å². The molecule has 1 N–H and O–H groups in total. The number of nitrogens with zero attached hydrogens (tertiary/aromatic N) is 1. The van der Waals surface area contributed by atoms with Crippen molar-refractivity contribution in [1.29, 1.82) is 0 Å². The van der Waals surface area contributed by atoms with Crippen molar-refractivity contribution in [2.45, 2.75) is 24.6 Å². The van der Waals surface area contributed by atoms with Gasteiger partial charge in [-0.2, -0.15) is 0 Å². The molecule has 0 atom stereocenters. The second-order valence-electron chi connectivity index (χ2n) is 6.16. The van der Waals surface area contributed by atoms with Gasteiger partial charge in [-0.25, -0.2) is 4.98 Å². The van der Waals surface area contributed by atoms with Gasteiger partial charge in [0.15, 0.2) is 10.1 Å². The van der Waals surface area contributed by atoms with Crippen molar-refractivity contribution in [3.63, 3.8) is 0 Å². The molecule has 0 aliphatic heterocycles. The second-order valence-corrected chi connectivity index (χ2v) is 8.24. The average Bonchev–Trinajstić information content (AvgIpc) is 3.11. The monoisotopic (exact) mass is 396 g/mol. The number of benzene rings is 2. The number of amides is 1. The molecule has 0 fully saturated rings. The standard InChI is InChI=1S/C21H20N2O2S2/c1-14-7-6-10-18(15(14)2)23-20(25)11-17-12-26-21(22-17)27-13-19(24)16-8-4-3-5-9-16/h3-10,12H,11,13H2,1-2H3,(H,23,25). The Morgan fingerprint density at radius 3 is 2.63 bits per heavy atom. The number of Topliss-reactive ketones (excluding diaryl/α,β-unsaturated/α-hetero) is 1. The molecule has 3 rings (SSSR count). The molecular formula is C21H20N2O2S2. The highest BCUT2D eigenvalue weighted by Crippen LogP contribution is 2.24. The minimum atomic E-state index is -0.0917. The molecule has 0 bridgehead atoms. The Balaban J connectivity index is 1.54. The Bertz CT molecular complexity index is 952. The van der Waals surface area contributed by atoms with Crippen LogP contribution >= 0.6 is 23.1 Å². The fraction of sp³-hybridized carbons (Fsp3) is 0.190. The summed E-state index contributed by atoms with van der Waals surface area (Å²) in [5.41, 5.74) is 4.47. The summed E-state index contributed by atoms with van der Waals surface area (Å²) < 4.78 is 0.800. The summed E-state index contributed by atoms with van der Waals surface area (Å²) in [7, 11) is 0. The molecule has 0 saturated heterocycles. The summed E-state index contributed by atoms with van der Waals surface area (Å²) in [6, 6.07) is 15.1. The van der Waals surface area contributed by atoms with Gasteiger partial charge >= 0.3 is 0 Å². The number of rotatable bonds is 7. The SMILES string of the molecule is Cc1cccc(NC(=O)Cc2csc(SCC(=O)c3ccccc3)n2)c1C. The van der Waals surface area contributed by atoms with Crippen molar-refractivity contribution in [2.75, 3.05) is 11.1 Å². The van der Waals surface area contributed by atoms with Crippen LogP contribution < -0.4 is 5.32 Å². The minimum Gasteiger partial charge on any atom is -0.325 e. The highest BCUT2D eigenvalue weighted by Gasteiger charge is 2.12. The summed E-state index contributed by atoms with van der Waals surface area (Å²) in [4.78, 5) is 28.9. The van der Waals surface area contributed by atoms with Crippen LogP contribution in [0.1, 0.15) is 27.2 Å². The number of thioether (sulfide) groups is 1. The predicted molar refractivity (Wildman–Crippen MR) is 112 cm³/mol. The number of ketones is 1. The van der Waals surface area contributed by atoms with Gasteiger partial charge in [0.1, 0.15) is 0 Å². The second kappa shape index (κ2) is 8.97. The van der Waals surface area contributed by atoms with Crippen LogP contribution in [-0.4, -0.2) is 22.4 Å². The number of hydrogen-bond acceptors (Lipinski definition) is 5. The normalized spacial score (nSPS) is 10.6. The van der Waals surface area contributed by atoms with E-state index in [1.54, 1.807) is 0 Å². The van der Waals surface area contributed by atoms with E-state index in [9.17, 15) is 9.59 Å². The molecule has 1 heterocycles. The first-order valence-corrected chi connectivity index (χ1v) is 10.4. The molecule has 0 radical (unpaired) electrons. The molecule has 27 heavy (non-hydrogen) atoms. The zero-order valence-corrected chi connectivity index (χ0v) is 16.8. The summed E-state index contributed by atoms with van der Waals surface area (Å²) in [6.07, 6.45) is 0.219. The van der Waals surface area contributed by atoms with Gasteiger partial charge in [-0.1, -0.05) is 54.2 Å². The third kappa shape index (κ3) is 5.28. The van der Waals surface area contributed by atoms with Gasteiger partial charge in [0.05, 0.1) is 17.9 Å². The molecule has 0 aliphatic carbocycles. The van der Waals surface area contributed by atoms with Crippen LogP contribution in [-0.2, 0) is 11.2 Å². The lowest BCUT2D eigenvalue weighted by atomic mass is 10.1. The predicted octanol–water partition coefficient (Wildman–Crippen LogP) is 4.92. The van der Waals surface area contributed by atoms with E-state index in [1.807, 2.05) is 67.8 Å². The fourth-order valence-corrected chi connectivity index (χ4v) is 4.26. The third-order valence-electron chi connectivity index (χ3n) is 4.17. The third-order valence-corrected chi connectivity index (χ3v) is 6.24. The number of nitrogens with one attached hydrogen (secondary N) is 1. The molecule has 6 heteroatoms. The van der Waals surface area contributed by atoms with Crippen LogP contribution in [0, 0.1) is 13.8 Å². The van der Waals surface area contributed by atoms with Gasteiger partial charge in [0, 0.05) is 16.6 Å². The van der Waals surface area contributed by atoms with Crippen LogP contribution in [0.25, 0.3) is 0 Å². The van der Waals surface area contributed by atoms with Crippen molar-refractivity contribution in [1.82, 2.24) is 4.98 Å². The fourth-order valence-electron chi connectivity index (χ4n) is 2.52. The first kappa shape index (κ1) is 19.3. The van der Waals surface area contributed by atoms with Gasteiger partial charge in [0.2, 0.25) is 5.91 Å². The number of aromatic nitrogens is 1. The van der Waals surface area contributed by atoms with Crippen molar-refractivity contribution < 1.29 is 9.59 Å². The highest BCUT2D eigenvalue weighted by atomic mass is 32.2. The first-order valence-electron chi connectivity index (χ1n) is 8.54. The molecule has 0 spiro atoms. The largest absolute Gasteiger partial charge is 0.325 e. The van der Waals surface area contributed by atoms with Crippen LogP contribution in [0.15, 0.2) is 58.3 Å². The van der Waals surface area contributed by atoms with Crippen molar-refractivity contribution >= 4 is 40.5 Å². The Labute approximate surface area is 167 Å². The van der Waals surface area contributed by atoms with E-state index >= 15 is 0 Å². The minimum absolute atomic E-state index is 0.0741. The van der Waals surface area contributed by atoms with E-state index in [1.165, 1.54) is 23.1 Å². The lowest BCUT2D eigenvalue weighted by molar-refractivity contribution is -0.115. The topological polar surface area (TPSA) is 59.1 Å². The Morgan fingerprint density at radius 2 is 1.85 bits per heavy atom. The number of hydrogen-bond donors (Lipinski definition) is 1. The van der Waals surface area contributed by atoms with Gasteiger partial charge in [-0.3, -0.25) is 9.59 Å². The van der Waals surface area contributed by atoms with Gasteiger partial charge in [-0.15, -0.1) is 11.3 Å². The van der Waals surface area contributed by atoms with Crippen LogP contribution in [0.5, 0.6) is 0 Å². The molecule has 1 amide bonds. The number of thiazole rings is 1. The first-order chi connectivity index (χ1) is 13.0. The molecule has 1 aromatic heterocycles. The smallest absolute Gasteiger partial charge is 0.230 e. The average molecular weight is 397 g/mol. The molecule has 2 aromatic carbocycles. The van der Waals surface area contributed by atoms with E-state index in [0.29, 0.717) is 11.3 Å². The molecule has 138 valence electrons. The summed E-state index contributed by atoms with van der Waals surface area (Å²) >= 11 is 2.87. The maximum Gasteiger partial charge on any atom is 0.230 e. The zero-order chi connectivity index (χ0) is 19.2. The number of anilines is 1. The molecule has 0 unspecified atom stereocenters. The molecular weight excluding hydrogens is 376 g/mol. The van der Waals surface area contributed by atoms with Gasteiger partial charge < -0.3 is 5.32 Å². The molecule has 0 saturated carbocycles. The van der Waals surface area contributed by atoms with E-state index in [-0.39, 0.29) is 18.1 Å². The lowest BCUT2D eigenvalue weighted by Gasteiger charge is -2.09. The van der Waals surface area contributed by atoms with E-state index in [0.717, 1.165) is 26.8 Å². The Kier molecular flexibility index (Phi) is 6.42. The maximum absolute atomic E-state index is 12.3. The summed E-state index contributed by atoms with van der Waals surface area (Å²) in [5, 5.41) is 4.82. The molecule has 3 aromatic rings. The lowest BCUT2D eigenvalue weighted by Crippen LogP contribution is -2.15. The molecule has 0 aliphatic rings. The molecule has 4 nitrogen and oxygen atoms in total. The van der Waals surface area contributed by atoms with Gasteiger partial charge in [0.25, 0.3) is 0 Å². The zero-order valence-electron chi connectivity index (χ0n) is 15.2. The highest BCUT2D eigenvalue weighted by molar-refractivity contribution is 8.01. The maximum atomic E-state index is 12.3. The van der Waals surface area contributed by atoms with E-state index in [2.05, 4.69) is 10.3 Å². The summed E-state index contributed by atoms with van der Waals surface area (Å²) in [6.45, 7) is 4.01. The van der Waals surface area contributed by atoms with Crippen molar-refractivity contribution in [3.05, 3.63) is 76.3 Å². The Hall–Kier alpha value is -2.44. The van der Waals surface area contributed by atoms with E-state index in [4.69, 9.17) is 0 Å². The van der Waals surface area contributed by atoms with E-state index < -0.39 is 0 Å². The summed E-state index contributed by atoms with van der Waals surface area (Å²) in [5.74, 6) is 0.321. The van der Waals surface area contributed by atoms with Crippen molar-refractivity contribution in [3.8, 4) is 0 Å². The number of carbonyl (C=O) groups is 2. The Morgan fingerprint density at radius 1 is 1.07 bits per heavy atom. The quantitative estimate of drug-likeness (QED) is 0.455. The number of aryl methyl sites for hydroxylation is 1. The van der Waals surface area contributed by atoms with Crippen LogP contribution in [0.3, 0.4) is 0 Å².